The molecule has 0 saturated heterocycles. The van der Waals surface area contributed by atoms with Crippen LogP contribution in [0.25, 0.3) is 0 Å². The molecule has 4 aromatic rings. The predicted molar refractivity (Wildman–Crippen MR) is 183 cm³/mol. The van der Waals surface area contributed by atoms with Crippen LogP contribution in [0.15, 0.2) is 108 Å². The first kappa shape index (κ1) is 34.5. The zero-order chi connectivity index (χ0) is 33.5. The molecule has 0 aliphatic heterocycles. The third-order valence-electron chi connectivity index (χ3n) is 7.23. The highest BCUT2D eigenvalue weighted by molar-refractivity contribution is 7.92. The van der Waals surface area contributed by atoms with Crippen molar-refractivity contribution in [1.82, 2.24) is 10.2 Å². The Hall–Kier alpha value is -4.34. The molecule has 46 heavy (non-hydrogen) atoms. The maximum Gasteiger partial charge on any atom is 0.264 e. The zero-order valence-corrected chi connectivity index (χ0v) is 28.3. The fourth-order valence-electron chi connectivity index (χ4n) is 5.02. The second-order valence-electron chi connectivity index (χ2n) is 12.1. The van der Waals surface area contributed by atoms with E-state index in [0.29, 0.717) is 16.5 Å². The number of anilines is 1. The number of sulfonamides is 1. The molecule has 0 radical (unpaired) electrons. The smallest absolute Gasteiger partial charge is 0.264 e. The summed E-state index contributed by atoms with van der Waals surface area (Å²) in [6.45, 7) is 6.95. The molecule has 242 valence electrons. The first-order chi connectivity index (χ1) is 21.8. The molecule has 0 bridgehead atoms. The number of hydrogen-bond acceptors (Lipinski definition) is 5. The van der Waals surface area contributed by atoms with E-state index < -0.39 is 34.1 Å². The molecule has 4 rings (SSSR count). The van der Waals surface area contributed by atoms with Crippen LogP contribution in [0.1, 0.15) is 37.5 Å². The molecule has 4 aromatic carbocycles. The molecule has 2 amide bonds. The van der Waals surface area contributed by atoms with Crippen LogP contribution in [0, 0.1) is 6.92 Å². The van der Waals surface area contributed by atoms with Crippen LogP contribution in [-0.2, 0) is 32.6 Å². The molecule has 0 heterocycles. The predicted octanol–water partition coefficient (Wildman–Crippen LogP) is 6.41. The quantitative estimate of drug-likeness (QED) is 0.189. The van der Waals surface area contributed by atoms with Crippen molar-refractivity contribution in [3.63, 3.8) is 0 Å². The summed E-state index contributed by atoms with van der Waals surface area (Å²) in [6.07, 6.45) is 0.215. The molecule has 10 heteroatoms. The van der Waals surface area contributed by atoms with Gasteiger partial charge in [0, 0.05) is 23.5 Å². The maximum absolute atomic E-state index is 14.6. The summed E-state index contributed by atoms with van der Waals surface area (Å²) < 4.78 is 34.8. The Kier molecular flexibility index (Phi) is 11.1. The summed E-state index contributed by atoms with van der Waals surface area (Å²) in [5.74, 6) is -0.308. The number of nitrogens with one attached hydrogen (secondary N) is 1. The fourth-order valence-corrected chi connectivity index (χ4v) is 6.55. The standard InChI is InChI=1S/C36H40ClN3O5S/c1-26-11-9-15-30(21-26)40(46(43,44)32-19-17-29(37)18-20-32)25-34(41)39(24-28-14-10-16-31(22-28)45-5)33(35(42)38-36(2,3)4)23-27-12-7-6-8-13-27/h6-22,33H,23-25H2,1-5H3,(H,38,42)/t33-/m0/s1. The van der Waals surface area contributed by atoms with Gasteiger partial charge in [-0.3, -0.25) is 13.9 Å². The Labute approximate surface area is 277 Å². The van der Waals surface area contributed by atoms with Gasteiger partial charge < -0.3 is 15.0 Å². The maximum atomic E-state index is 14.6. The van der Waals surface area contributed by atoms with Gasteiger partial charge in [0.05, 0.1) is 17.7 Å². The van der Waals surface area contributed by atoms with E-state index in [1.165, 1.54) is 29.2 Å². The SMILES string of the molecule is COc1cccc(CN(C(=O)CN(c2cccc(C)c2)S(=O)(=O)c2ccc(Cl)cc2)[C@@H](Cc2ccccc2)C(=O)NC(C)(C)C)c1. The normalized spacial score (nSPS) is 12.2. The highest BCUT2D eigenvalue weighted by atomic mass is 35.5. The monoisotopic (exact) mass is 661 g/mol. The number of ether oxygens (including phenoxy) is 1. The van der Waals surface area contributed by atoms with Crippen molar-refractivity contribution in [2.75, 3.05) is 18.0 Å². The average Bonchev–Trinajstić information content (AvgIpc) is 3.01. The second kappa shape index (κ2) is 14.8. The minimum absolute atomic E-state index is 0.0168. The fraction of sp³-hybridized carbons (Fsp3) is 0.278. The van der Waals surface area contributed by atoms with E-state index in [1.54, 1.807) is 37.4 Å². The van der Waals surface area contributed by atoms with Crippen LogP contribution in [0.2, 0.25) is 5.02 Å². The van der Waals surface area contributed by atoms with Gasteiger partial charge in [0.25, 0.3) is 10.0 Å². The topological polar surface area (TPSA) is 96.0 Å². The largest absolute Gasteiger partial charge is 0.497 e. The van der Waals surface area contributed by atoms with Crippen molar-refractivity contribution in [1.29, 1.82) is 0 Å². The summed E-state index contributed by atoms with van der Waals surface area (Å²) >= 11 is 6.06. The average molecular weight is 662 g/mol. The lowest BCUT2D eigenvalue weighted by atomic mass is 10.0. The van der Waals surface area contributed by atoms with Gasteiger partial charge >= 0.3 is 0 Å². The molecule has 8 nitrogen and oxygen atoms in total. The van der Waals surface area contributed by atoms with Crippen molar-refractivity contribution in [3.05, 3.63) is 125 Å². The van der Waals surface area contributed by atoms with Crippen LogP contribution in [0.4, 0.5) is 5.69 Å². The van der Waals surface area contributed by atoms with E-state index in [9.17, 15) is 18.0 Å². The number of rotatable bonds is 12. The van der Waals surface area contributed by atoms with Crippen LogP contribution in [-0.4, -0.2) is 50.4 Å². The molecule has 0 saturated carbocycles. The highest BCUT2D eigenvalue weighted by Gasteiger charge is 2.35. The van der Waals surface area contributed by atoms with Crippen LogP contribution < -0.4 is 14.4 Å². The van der Waals surface area contributed by atoms with Gasteiger partial charge in [0.2, 0.25) is 11.8 Å². The number of methoxy groups -OCH3 is 1. The molecule has 1 atom stereocenters. The van der Waals surface area contributed by atoms with Crippen molar-refractivity contribution < 1.29 is 22.7 Å². The molecule has 0 aliphatic carbocycles. The Morgan fingerprint density at radius 1 is 0.870 bits per heavy atom. The minimum atomic E-state index is -4.23. The van der Waals surface area contributed by atoms with E-state index >= 15 is 0 Å². The van der Waals surface area contributed by atoms with Gasteiger partial charge in [-0.2, -0.15) is 0 Å². The number of benzene rings is 4. The van der Waals surface area contributed by atoms with E-state index in [-0.39, 0.29) is 23.8 Å². The first-order valence-corrected chi connectivity index (χ1v) is 16.7. The summed E-state index contributed by atoms with van der Waals surface area (Å²) in [5, 5.41) is 3.42. The number of halogens is 1. The van der Waals surface area contributed by atoms with Crippen molar-refractivity contribution >= 4 is 39.1 Å². The first-order valence-electron chi connectivity index (χ1n) is 14.9. The van der Waals surface area contributed by atoms with Gasteiger partial charge in [-0.15, -0.1) is 0 Å². The van der Waals surface area contributed by atoms with Gasteiger partial charge in [-0.05, 0) is 92.9 Å². The molecule has 0 aromatic heterocycles. The highest BCUT2D eigenvalue weighted by Crippen LogP contribution is 2.27. The van der Waals surface area contributed by atoms with Crippen molar-refractivity contribution in [3.8, 4) is 5.75 Å². The molecule has 0 unspecified atom stereocenters. The Morgan fingerprint density at radius 3 is 2.15 bits per heavy atom. The number of nitrogens with zero attached hydrogens (tertiary/aromatic N) is 2. The number of amides is 2. The third kappa shape index (κ3) is 9.11. The van der Waals surface area contributed by atoms with E-state index in [2.05, 4.69) is 5.32 Å². The van der Waals surface area contributed by atoms with E-state index in [4.69, 9.17) is 16.3 Å². The van der Waals surface area contributed by atoms with Crippen molar-refractivity contribution in [2.24, 2.45) is 0 Å². The van der Waals surface area contributed by atoms with Gasteiger partial charge in [0.15, 0.2) is 0 Å². The third-order valence-corrected chi connectivity index (χ3v) is 9.27. The lowest BCUT2D eigenvalue weighted by molar-refractivity contribution is -0.140. The molecule has 0 aliphatic rings. The molecular weight excluding hydrogens is 622 g/mol. The van der Waals surface area contributed by atoms with Gasteiger partial charge in [-0.25, -0.2) is 8.42 Å². The number of aryl methyl sites for hydroxylation is 1. The summed E-state index contributed by atoms with van der Waals surface area (Å²) in [6, 6.07) is 28.5. The van der Waals surface area contributed by atoms with Gasteiger partial charge in [0.1, 0.15) is 18.3 Å². The minimum Gasteiger partial charge on any atom is -0.497 e. The van der Waals surface area contributed by atoms with Crippen LogP contribution in [0.5, 0.6) is 5.75 Å². The molecule has 1 N–H and O–H groups in total. The summed E-state index contributed by atoms with van der Waals surface area (Å²) in [7, 11) is -2.67. The van der Waals surface area contributed by atoms with Crippen molar-refractivity contribution in [2.45, 2.75) is 57.1 Å². The molecular formula is C36H40ClN3O5S. The molecule has 0 spiro atoms. The van der Waals surface area contributed by atoms with E-state index in [0.717, 1.165) is 21.0 Å². The Balaban J connectivity index is 1.83. The summed E-state index contributed by atoms with van der Waals surface area (Å²) in [5.41, 5.74) is 2.13. The lowest BCUT2D eigenvalue weighted by Crippen LogP contribution is -2.56. The number of hydrogen-bond donors (Lipinski definition) is 1. The number of carbonyl (C=O) groups is 2. The summed E-state index contributed by atoms with van der Waals surface area (Å²) in [4.78, 5) is 30.0. The molecule has 0 fully saturated rings. The Morgan fingerprint density at radius 2 is 1.52 bits per heavy atom. The zero-order valence-electron chi connectivity index (χ0n) is 26.7. The number of carbonyl (C=O) groups excluding carboxylic acids is 2. The van der Waals surface area contributed by atoms with Gasteiger partial charge in [-0.1, -0.05) is 66.2 Å². The lowest BCUT2D eigenvalue weighted by Gasteiger charge is -2.35. The Bertz CT molecular complexity index is 1760. The van der Waals surface area contributed by atoms with Crippen LogP contribution >= 0.6 is 11.6 Å². The van der Waals surface area contributed by atoms with E-state index in [1.807, 2.05) is 76.2 Å². The van der Waals surface area contributed by atoms with Crippen LogP contribution in [0.3, 0.4) is 0 Å². The second-order valence-corrected chi connectivity index (χ2v) is 14.4.